The molecule has 0 fully saturated rings. The largest absolute Gasteiger partial charge is 0.457 e. The SMILES string of the molecule is O=C(Oc1ccc2ccc3ccccc3c2c1)c1ccco1. The van der Waals surface area contributed by atoms with Crippen molar-refractivity contribution in [2.45, 2.75) is 0 Å². The number of carbonyl (C=O) groups is 1. The normalized spacial score (nSPS) is 10.9. The molecule has 1 heterocycles. The summed E-state index contributed by atoms with van der Waals surface area (Å²) in [6.07, 6.45) is 1.45. The van der Waals surface area contributed by atoms with Gasteiger partial charge in [0.15, 0.2) is 0 Å². The smallest absolute Gasteiger partial charge is 0.379 e. The molecule has 0 aliphatic rings. The average molecular weight is 288 g/mol. The second kappa shape index (κ2) is 5.04. The number of hydrogen-bond acceptors (Lipinski definition) is 3. The van der Waals surface area contributed by atoms with Gasteiger partial charge < -0.3 is 9.15 Å². The van der Waals surface area contributed by atoms with Gasteiger partial charge in [0.2, 0.25) is 5.76 Å². The number of carbonyl (C=O) groups excluding carboxylic acids is 1. The van der Waals surface area contributed by atoms with Crippen LogP contribution in [-0.2, 0) is 0 Å². The fraction of sp³-hybridized carbons (Fsp3) is 0. The van der Waals surface area contributed by atoms with Crippen LogP contribution in [0.4, 0.5) is 0 Å². The highest BCUT2D eigenvalue weighted by Gasteiger charge is 2.12. The lowest BCUT2D eigenvalue weighted by Gasteiger charge is -2.07. The van der Waals surface area contributed by atoms with Crippen LogP contribution in [0.25, 0.3) is 21.5 Å². The summed E-state index contributed by atoms with van der Waals surface area (Å²) < 4.78 is 10.4. The maximum Gasteiger partial charge on any atom is 0.379 e. The highest BCUT2D eigenvalue weighted by molar-refractivity contribution is 6.08. The third kappa shape index (κ3) is 2.13. The van der Waals surface area contributed by atoms with E-state index in [2.05, 4.69) is 24.3 Å². The van der Waals surface area contributed by atoms with Crippen molar-refractivity contribution in [1.29, 1.82) is 0 Å². The second-order valence-electron chi connectivity index (χ2n) is 5.04. The summed E-state index contributed by atoms with van der Waals surface area (Å²) in [6.45, 7) is 0. The summed E-state index contributed by atoms with van der Waals surface area (Å²) in [4.78, 5) is 12.0. The Morgan fingerprint density at radius 1 is 0.818 bits per heavy atom. The first kappa shape index (κ1) is 12.7. The number of furan rings is 1. The van der Waals surface area contributed by atoms with E-state index in [1.165, 1.54) is 6.26 Å². The van der Waals surface area contributed by atoms with Crippen LogP contribution in [0.1, 0.15) is 10.6 Å². The maximum atomic E-state index is 12.0. The Hall–Kier alpha value is -3.07. The predicted molar refractivity (Wildman–Crippen MR) is 85.1 cm³/mol. The van der Waals surface area contributed by atoms with Gasteiger partial charge in [-0.05, 0) is 45.8 Å². The van der Waals surface area contributed by atoms with Crippen molar-refractivity contribution >= 4 is 27.5 Å². The first-order valence-corrected chi connectivity index (χ1v) is 6.98. The van der Waals surface area contributed by atoms with Gasteiger partial charge in [0.25, 0.3) is 0 Å². The van der Waals surface area contributed by atoms with Crippen LogP contribution in [0, 0.1) is 0 Å². The number of rotatable bonds is 2. The van der Waals surface area contributed by atoms with Crippen molar-refractivity contribution < 1.29 is 13.9 Å². The molecule has 3 aromatic carbocycles. The zero-order valence-corrected chi connectivity index (χ0v) is 11.7. The highest BCUT2D eigenvalue weighted by atomic mass is 16.5. The van der Waals surface area contributed by atoms with Crippen LogP contribution in [0.5, 0.6) is 5.75 Å². The van der Waals surface area contributed by atoms with Crippen LogP contribution in [0.3, 0.4) is 0 Å². The molecule has 0 radical (unpaired) electrons. The molecule has 0 bridgehead atoms. The van der Waals surface area contributed by atoms with Crippen molar-refractivity contribution in [2.24, 2.45) is 0 Å². The van der Waals surface area contributed by atoms with Gasteiger partial charge in [-0.3, -0.25) is 0 Å². The third-order valence-electron chi connectivity index (χ3n) is 3.65. The quantitative estimate of drug-likeness (QED) is 0.302. The first-order valence-electron chi connectivity index (χ1n) is 6.98. The van der Waals surface area contributed by atoms with E-state index in [0.717, 1.165) is 21.5 Å². The number of fused-ring (bicyclic) bond motifs is 3. The van der Waals surface area contributed by atoms with E-state index in [0.29, 0.717) is 5.75 Å². The minimum absolute atomic E-state index is 0.193. The number of hydrogen-bond donors (Lipinski definition) is 0. The average Bonchev–Trinajstić information content (AvgIpc) is 3.09. The number of esters is 1. The molecule has 0 aliphatic heterocycles. The highest BCUT2D eigenvalue weighted by Crippen LogP contribution is 2.28. The Morgan fingerprint density at radius 3 is 2.41 bits per heavy atom. The third-order valence-corrected chi connectivity index (χ3v) is 3.65. The molecule has 106 valence electrons. The van der Waals surface area contributed by atoms with E-state index in [4.69, 9.17) is 9.15 Å². The molecular formula is C19H12O3. The summed E-state index contributed by atoms with van der Waals surface area (Å²) in [7, 11) is 0. The van der Waals surface area contributed by atoms with Gasteiger partial charge in [-0.2, -0.15) is 0 Å². The van der Waals surface area contributed by atoms with Gasteiger partial charge in [0, 0.05) is 0 Å². The van der Waals surface area contributed by atoms with Gasteiger partial charge in [-0.15, -0.1) is 0 Å². The Bertz CT molecular complexity index is 968. The molecule has 0 unspecified atom stereocenters. The zero-order valence-electron chi connectivity index (χ0n) is 11.7. The van der Waals surface area contributed by atoms with Gasteiger partial charge in [0.05, 0.1) is 6.26 Å². The summed E-state index contributed by atoms with van der Waals surface area (Å²) in [6, 6.07) is 21.2. The minimum Gasteiger partial charge on any atom is -0.457 e. The lowest BCUT2D eigenvalue weighted by Crippen LogP contribution is -2.06. The molecule has 0 aliphatic carbocycles. The summed E-state index contributed by atoms with van der Waals surface area (Å²) in [5.74, 6) is 0.202. The molecule has 4 rings (SSSR count). The predicted octanol–water partition coefficient (Wildman–Crippen LogP) is 4.81. The Balaban J connectivity index is 1.79. The van der Waals surface area contributed by atoms with Crippen LogP contribution >= 0.6 is 0 Å². The van der Waals surface area contributed by atoms with E-state index in [1.807, 2.05) is 24.3 Å². The van der Waals surface area contributed by atoms with Gasteiger partial charge in [-0.1, -0.05) is 42.5 Å². The van der Waals surface area contributed by atoms with E-state index in [9.17, 15) is 4.79 Å². The molecular weight excluding hydrogens is 276 g/mol. The van der Waals surface area contributed by atoms with E-state index in [1.54, 1.807) is 18.2 Å². The van der Waals surface area contributed by atoms with Crippen molar-refractivity contribution in [2.75, 3.05) is 0 Å². The lowest BCUT2D eigenvalue weighted by atomic mass is 10.0. The lowest BCUT2D eigenvalue weighted by molar-refractivity contribution is 0.0701. The van der Waals surface area contributed by atoms with Crippen molar-refractivity contribution in [3.63, 3.8) is 0 Å². The number of benzene rings is 3. The molecule has 0 N–H and O–H groups in total. The van der Waals surface area contributed by atoms with Crippen LogP contribution in [-0.4, -0.2) is 5.97 Å². The molecule has 0 spiro atoms. The molecule has 3 nitrogen and oxygen atoms in total. The fourth-order valence-electron chi connectivity index (χ4n) is 2.60. The van der Waals surface area contributed by atoms with Gasteiger partial charge in [-0.25, -0.2) is 4.79 Å². The van der Waals surface area contributed by atoms with Crippen molar-refractivity contribution in [3.05, 3.63) is 78.8 Å². The van der Waals surface area contributed by atoms with Crippen LogP contribution < -0.4 is 4.74 Å². The first-order chi connectivity index (χ1) is 10.8. The molecule has 3 heteroatoms. The van der Waals surface area contributed by atoms with Crippen LogP contribution in [0.2, 0.25) is 0 Å². The molecule has 4 aromatic rings. The Labute approximate surface area is 126 Å². The van der Waals surface area contributed by atoms with E-state index >= 15 is 0 Å². The second-order valence-corrected chi connectivity index (χ2v) is 5.04. The topological polar surface area (TPSA) is 39.4 Å². The summed E-state index contributed by atoms with van der Waals surface area (Å²) >= 11 is 0. The van der Waals surface area contributed by atoms with Crippen LogP contribution in [0.15, 0.2) is 77.4 Å². The van der Waals surface area contributed by atoms with Gasteiger partial charge in [0.1, 0.15) is 5.75 Å². The zero-order chi connectivity index (χ0) is 14.9. The minimum atomic E-state index is -0.496. The summed E-state index contributed by atoms with van der Waals surface area (Å²) in [5.41, 5.74) is 0. The standard InChI is InChI=1S/C19H12O3/c20-19(18-6-3-11-21-18)22-15-10-9-14-8-7-13-4-1-2-5-16(13)17(14)12-15/h1-12H. The molecule has 0 atom stereocenters. The van der Waals surface area contributed by atoms with E-state index < -0.39 is 5.97 Å². The van der Waals surface area contributed by atoms with Gasteiger partial charge >= 0.3 is 5.97 Å². The van der Waals surface area contributed by atoms with Crippen molar-refractivity contribution in [1.82, 2.24) is 0 Å². The molecule has 22 heavy (non-hydrogen) atoms. The molecule has 0 amide bonds. The monoisotopic (exact) mass is 288 g/mol. The van der Waals surface area contributed by atoms with Crippen molar-refractivity contribution in [3.8, 4) is 5.75 Å². The maximum absolute atomic E-state index is 12.0. The molecule has 0 saturated heterocycles. The number of ether oxygens (including phenoxy) is 1. The van der Waals surface area contributed by atoms with E-state index in [-0.39, 0.29) is 5.76 Å². The molecule has 1 aromatic heterocycles. The fourth-order valence-corrected chi connectivity index (χ4v) is 2.60. The Kier molecular flexibility index (Phi) is 2.90. The molecule has 0 saturated carbocycles. The Morgan fingerprint density at radius 2 is 1.59 bits per heavy atom. The summed E-state index contributed by atoms with van der Waals surface area (Å²) in [5, 5.41) is 4.46.